The number of carboxylic acid groups (broad SMARTS) is 2. The van der Waals surface area contributed by atoms with E-state index in [1.807, 2.05) is 59.1 Å². The molecule has 0 fully saturated rings. The zero-order valence-corrected chi connectivity index (χ0v) is 37.9. The van der Waals surface area contributed by atoms with Gasteiger partial charge in [0.1, 0.15) is 23.1 Å². The lowest BCUT2D eigenvalue weighted by atomic mass is 9.77. The summed E-state index contributed by atoms with van der Waals surface area (Å²) in [4.78, 5) is 39.5. The van der Waals surface area contributed by atoms with E-state index in [0.717, 1.165) is 34.5 Å². The van der Waals surface area contributed by atoms with Gasteiger partial charge < -0.3 is 29.9 Å². The number of aliphatic carboxylic acids is 1. The third-order valence-corrected chi connectivity index (χ3v) is 12.2. The first kappa shape index (κ1) is 47.8. The van der Waals surface area contributed by atoms with Crippen molar-refractivity contribution in [1.82, 2.24) is 0 Å². The molecule has 3 N–H and O–H groups in total. The number of hydrogen-bond acceptors (Lipinski definition) is 8. The molecule has 0 saturated carbocycles. The summed E-state index contributed by atoms with van der Waals surface area (Å²) in [6.45, 7) is 6.23. The van der Waals surface area contributed by atoms with Gasteiger partial charge in [-0.15, -0.1) is 0 Å². The number of nitriles is 1. The second-order valence-corrected chi connectivity index (χ2v) is 16.6. The highest BCUT2D eigenvalue weighted by Crippen LogP contribution is 2.57. The highest BCUT2D eigenvalue weighted by atomic mass is 19.4. The summed E-state index contributed by atoms with van der Waals surface area (Å²) in [5.41, 5.74) is 4.11. The summed E-state index contributed by atoms with van der Waals surface area (Å²) in [7, 11) is 0. The third kappa shape index (κ3) is 9.82. The van der Waals surface area contributed by atoms with E-state index in [9.17, 15) is 43.0 Å². The van der Waals surface area contributed by atoms with Crippen LogP contribution in [0.2, 0.25) is 0 Å². The number of aromatic nitrogens is 1. The van der Waals surface area contributed by atoms with E-state index < -0.39 is 40.8 Å². The Morgan fingerprint density at radius 2 is 1.64 bits per heavy atom. The number of rotatable bonds is 17. The number of nitrogens with one attached hydrogen (secondary N) is 1. The molecule has 1 spiro atoms. The van der Waals surface area contributed by atoms with Crippen molar-refractivity contribution in [3.8, 4) is 23.3 Å². The SMILES string of the molecule is C=C/C=C(\C=C/C)c1cc[n+](-c2ccc(C(=O)O)cc2CCCCCN(C/C=C(/C#N)C(=O)O)c2ccc3c(c2)Oc2ccc(Nc4cccc(C(F)(F)F)c4)cc2C32OC(=O)c3ccccc32)cc1. The van der Waals surface area contributed by atoms with Crippen LogP contribution in [0.1, 0.15) is 80.3 Å². The lowest BCUT2D eigenvalue weighted by molar-refractivity contribution is -0.596. The maximum absolute atomic E-state index is 13.6. The molecule has 1 aromatic heterocycles. The molecule has 1 unspecified atom stereocenters. The van der Waals surface area contributed by atoms with Crippen molar-refractivity contribution >= 4 is 40.5 Å². The average Bonchev–Trinajstić information content (AvgIpc) is 3.65. The third-order valence-electron chi connectivity index (χ3n) is 12.2. The predicted octanol–water partition coefficient (Wildman–Crippen LogP) is 11.9. The van der Waals surface area contributed by atoms with Gasteiger partial charge in [-0.3, -0.25) is 0 Å². The molecule has 3 heterocycles. The first-order chi connectivity index (χ1) is 33.7. The normalized spacial score (nSPS) is 15.0. The molecule has 14 heteroatoms. The number of benzene rings is 5. The second kappa shape index (κ2) is 20.3. The Balaban J connectivity index is 1.07. The molecule has 5 aromatic carbocycles. The molecule has 0 bridgehead atoms. The van der Waals surface area contributed by atoms with Crippen molar-refractivity contribution in [2.75, 3.05) is 23.3 Å². The lowest BCUT2D eigenvalue weighted by Gasteiger charge is -2.37. The van der Waals surface area contributed by atoms with Crippen molar-refractivity contribution in [1.29, 1.82) is 5.26 Å². The molecule has 0 aliphatic carbocycles. The summed E-state index contributed by atoms with van der Waals surface area (Å²) in [6.07, 6.45) is 10.8. The van der Waals surface area contributed by atoms with Gasteiger partial charge in [0.15, 0.2) is 18.0 Å². The van der Waals surface area contributed by atoms with Crippen LogP contribution in [0, 0.1) is 11.3 Å². The number of aryl methyl sites for hydroxylation is 1. The zero-order valence-electron chi connectivity index (χ0n) is 37.9. The number of allylic oxidation sites excluding steroid dienone is 5. The Labute approximate surface area is 402 Å². The Bertz CT molecular complexity index is 3170. The molecular weight excluding hydrogens is 898 g/mol. The first-order valence-electron chi connectivity index (χ1n) is 22.4. The van der Waals surface area contributed by atoms with Crippen LogP contribution < -0.4 is 19.5 Å². The van der Waals surface area contributed by atoms with Gasteiger partial charge in [-0.05, 0) is 110 Å². The molecule has 8 rings (SSSR count). The zero-order chi connectivity index (χ0) is 49.6. The van der Waals surface area contributed by atoms with Crippen LogP contribution in [0.5, 0.6) is 11.5 Å². The summed E-state index contributed by atoms with van der Waals surface area (Å²) in [5, 5.41) is 32.2. The van der Waals surface area contributed by atoms with Gasteiger partial charge in [-0.1, -0.05) is 61.6 Å². The number of halogens is 3. The number of carbonyl (C=O) groups excluding carboxylic acids is 1. The van der Waals surface area contributed by atoms with Crippen LogP contribution in [0.15, 0.2) is 170 Å². The average molecular weight is 944 g/mol. The van der Waals surface area contributed by atoms with Crippen LogP contribution >= 0.6 is 0 Å². The van der Waals surface area contributed by atoms with E-state index in [1.54, 1.807) is 91.0 Å². The molecule has 0 radical (unpaired) electrons. The van der Waals surface area contributed by atoms with Gasteiger partial charge in [0.25, 0.3) is 0 Å². The fourth-order valence-corrected chi connectivity index (χ4v) is 8.88. The lowest BCUT2D eigenvalue weighted by Crippen LogP contribution is -2.33. The fourth-order valence-electron chi connectivity index (χ4n) is 8.88. The number of ether oxygens (including phenoxy) is 2. The van der Waals surface area contributed by atoms with Crippen molar-refractivity contribution in [2.45, 2.75) is 44.4 Å². The maximum Gasteiger partial charge on any atom is 0.416 e. The van der Waals surface area contributed by atoms with Gasteiger partial charge >= 0.3 is 24.1 Å². The summed E-state index contributed by atoms with van der Waals surface area (Å²) < 4.78 is 55.7. The molecular formula is C56H46F3N4O7+. The quantitative estimate of drug-likeness (QED) is 0.0201. The molecule has 0 saturated heterocycles. The fraction of sp³-hybridized carbons (Fsp3) is 0.161. The predicted molar refractivity (Wildman–Crippen MR) is 258 cm³/mol. The topological polar surface area (TPSA) is 153 Å². The molecule has 2 aliphatic rings. The van der Waals surface area contributed by atoms with E-state index in [1.165, 1.54) is 18.2 Å². The van der Waals surface area contributed by atoms with Crippen molar-refractivity contribution in [3.05, 3.63) is 215 Å². The van der Waals surface area contributed by atoms with E-state index in [4.69, 9.17) is 9.47 Å². The van der Waals surface area contributed by atoms with E-state index in [0.29, 0.717) is 77.4 Å². The number of hydrogen-bond donors (Lipinski definition) is 3. The molecule has 1 atom stereocenters. The molecule has 2 aliphatic heterocycles. The smallest absolute Gasteiger partial charge is 0.416 e. The number of anilines is 3. The standard InChI is InChI=1S/C56H45F3N4O7/c1-3-11-36(12-4-2)37-24-29-63(30-25-37)49-22-18-39(52(64)65)31-38(49)13-6-5-9-27-62(28-26-40(35-60)53(66)67)44-20-21-47-51(34-44)69-50-23-19-43(61-42-15-10-14-41(32-42)56(57,58)59)33-48(50)55(47)46-17-8-7-16-45(46)54(68)70-55/h3-4,7-8,10-12,14-26,29-34,61H,1,5-6,9,13,27-28H2,2H3,(H-,64,65,66,67)/p+1/b12-4-,36-11+,40-26-. The molecule has 11 nitrogen and oxygen atoms in total. The van der Waals surface area contributed by atoms with Gasteiger partial charge in [0.05, 0.1) is 16.7 Å². The van der Waals surface area contributed by atoms with Gasteiger partial charge in [-0.2, -0.15) is 23.0 Å². The van der Waals surface area contributed by atoms with Gasteiger partial charge in [-0.25, -0.2) is 14.4 Å². The van der Waals surface area contributed by atoms with E-state index >= 15 is 0 Å². The van der Waals surface area contributed by atoms with Crippen LogP contribution in [0.25, 0.3) is 11.3 Å². The molecule has 70 heavy (non-hydrogen) atoms. The van der Waals surface area contributed by atoms with E-state index in [-0.39, 0.29) is 17.8 Å². The van der Waals surface area contributed by atoms with E-state index in [2.05, 4.69) is 11.9 Å². The molecule has 6 aromatic rings. The van der Waals surface area contributed by atoms with Crippen molar-refractivity contribution in [2.24, 2.45) is 0 Å². The molecule has 352 valence electrons. The highest BCUT2D eigenvalue weighted by molar-refractivity contribution is 5.97. The number of alkyl halides is 3. The highest BCUT2D eigenvalue weighted by Gasteiger charge is 2.53. The number of carboxylic acids is 2. The minimum Gasteiger partial charge on any atom is -0.478 e. The van der Waals surface area contributed by atoms with Crippen LogP contribution in [0.3, 0.4) is 0 Å². The van der Waals surface area contributed by atoms with Crippen LogP contribution in [-0.2, 0) is 27.7 Å². The summed E-state index contributed by atoms with van der Waals surface area (Å²) >= 11 is 0. The number of carbonyl (C=O) groups is 3. The Kier molecular flexibility index (Phi) is 13.8. The monoisotopic (exact) mass is 943 g/mol. The molecule has 0 amide bonds. The number of esters is 1. The largest absolute Gasteiger partial charge is 0.478 e. The Morgan fingerprint density at radius 3 is 2.37 bits per heavy atom. The van der Waals surface area contributed by atoms with Crippen molar-refractivity contribution in [3.63, 3.8) is 0 Å². The summed E-state index contributed by atoms with van der Waals surface area (Å²) in [5.74, 6) is -2.30. The minimum atomic E-state index is -4.55. The number of unbranched alkanes of at least 4 members (excludes halogenated alkanes) is 2. The van der Waals surface area contributed by atoms with Gasteiger partial charge in [0.2, 0.25) is 5.69 Å². The summed E-state index contributed by atoms with van der Waals surface area (Å²) in [6, 6.07) is 32.9. The maximum atomic E-state index is 13.6. The minimum absolute atomic E-state index is 0.0489. The van der Waals surface area contributed by atoms with Gasteiger partial charge in [0, 0.05) is 76.7 Å². The number of fused-ring (bicyclic) bond motifs is 6. The number of aromatic carboxylic acids is 1. The van der Waals surface area contributed by atoms with Crippen LogP contribution in [-0.4, -0.2) is 41.2 Å². The Morgan fingerprint density at radius 1 is 0.857 bits per heavy atom. The number of pyridine rings is 1. The van der Waals surface area contributed by atoms with Crippen molar-refractivity contribution < 1.29 is 51.8 Å². The first-order valence-corrected chi connectivity index (χ1v) is 22.4. The Hall–Kier alpha value is -8.70. The number of nitrogens with zero attached hydrogens (tertiary/aromatic N) is 3. The van der Waals surface area contributed by atoms with Crippen LogP contribution in [0.4, 0.5) is 30.2 Å². The second-order valence-electron chi connectivity index (χ2n) is 16.6.